The highest BCUT2D eigenvalue weighted by Crippen LogP contribution is 2.32. The van der Waals surface area contributed by atoms with Gasteiger partial charge in [-0.15, -0.1) is 0 Å². The molecule has 5 heteroatoms. The van der Waals surface area contributed by atoms with E-state index in [-0.39, 0.29) is 12.1 Å². The van der Waals surface area contributed by atoms with Crippen molar-refractivity contribution in [3.63, 3.8) is 0 Å². The first kappa shape index (κ1) is 14.7. The zero-order valence-electron chi connectivity index (χ0n) is 11.9. The molecule has 20 heavy (non-hydrogen) atoms. The van der Waals surface area contributed by atoms with E-state index in [1.54, 1.807) is 0 Å². The molecular formula is C15H21NO4. The summed E-state index contributed by atoms with van der Waals surface area (Å²) < 4.78 is 16.0. The van der Waals surface area contributed by atoms with Gasteiger partial charge in [-0.05, 0) is 44.0 Å². The van der Waals surface area contributed by atoms with Crippen LogP contribution in [0.15, 0.2) is 24.3 Å². The number of nitrogens with two attached hydrogens (primary N) is 1. The van der Waals surface area contributed by atoms with Gasteiger partial charge in [-0.25, -0.2) is 0 Å². The lowest BCUT2D eigenvalue weighted by Gasteiger charge is -2.20. The van der Waals surface area contributed by atoms with Crippen molar-refractivity contribution in [2.45, 2.75) is 37.8 Å². The van der Waals surface area contributed by atoms with Gasteiger partial charge in [0.2, 0.25) is 0 Å². The van der Waals surface area contributed by atoms with Crippen molar-refractivity contribution in [1.29, 1.82) is 0 Å². The summed E-state index contributed by atoms with van der Waals surface area (Å²) in [5, 5.41) is 0. The largest absolute Gasteiger partial charge is 0.494 e. The minimum absolute atomic E-state index is 0.0583. The molecule has 2 N–H and O–H groups in total. The third-order valence-electron chi connectivity index (χ3n) is 3.53. The maximum absolute atomic E-state index is 11.6. The van der Waals surface area contributed by atoms with Crippen LogP contribution < -0.4 is 15.2 Å². The molecule has 2 unspecified atom stereocenters. The second-order valence-corrected chi connectivity index (χ2v) is 5.03. The summed E-state index contributed by atoms with van der Waals surface area (Å²) in [4.78, 5) is 11.6. The molecule has 1 aromatic rings. The summed E-state index contributed by atoms with van der Waals surface area (Å²) in [6.07, 6.45) is 1.75. The summed E-state index contributed by atoms with van der Waals surface area (Å²) in [5.41, 5.74) is 5.13. The van der Waals surface area contributed by atoms with Gasteiger partial charge in [0, 0.05) is 6.42 Å². The summed E-state index contributed by atoms with van der Waals surface area (Å²) in [6.45, 7) is 2.58. The van der Waals surface area contributed by atoms with E-state index >= 15 is 0 Å². The van der Waals surface area contributed by atoms with Crippen LogP contribution >= 0.6 is 0 Å². The van der Waals surface area contributed by atoms with Crippen molar-refractivity contribution in [3.8, 4) is 11.5 Å². The average Bonchev–Trinajstić information content (AvgIpc) is 2.83. The maximum Gasteiger partial charge on any atom is 0.325 e. The van der Waals surface area contributed by atoms with Crippen molar-refractivity contribution in [1.82, 2.24) is 0 Å². The molecule has 0 aliphatic heterocycles. The Labute approximate surface area is 119 Å². The summed E-state index contributed by atoms with van der Waals surface area (Å²) >= 11 is 0. The van der Waals surface area contributed by atoms with Gasteiger partial charge in [-0.1, -0.05) is 0 Å². The predicted octanol–water partition coefficient (Wildman–Crippen LogP) is 1.89. The van der Waals surface area contributed by atoms with E-state index < -0.39 is 5.54 Å². The molecule has 0 bridgehead atoms. The van der Waals surface area contributed by atoms with Crippen molar-refractivity contribution in [3.05, 3.63) is 24.3 Å². The quantitative estimate of drug-likeness (QED) is 0.833. The molecule has 1 saturated carbocycles. The lowest BCUT2D eigenvalue weighted by Crippen LogP contribution is -2.47. The maximum atomic E-state index is 11.6. The predicted molar refractivity (Wildman–Crippen MR) is 74.8 cm³/mol. The highest BCUT2D eigenvalue weighted by Gasteiger charge is 2.44. The molecule has 0 aromatic heterocycles. The summed E-state index contributed by atoms with van der Waals surface area (Å²) in [6, 6.07) is 7.45. The van der Waals surface area contributed by atoms with E-state index in [2.05, 4.69) is 0 Å². The molecule has 0 spiro atoms. The van der Waals surface area contributed by atoms with Gasteiger partial charge in [0.15, 0.2) is 0 Å². The van der Waals surface area contributed by atoms with E-state index in [0.717, 1.165) is 17.9 Å². The van der Waals surface area contributed by atoms with Crippen LogP contribution in [0.25, 0.3) is 0 Å². The lowest BCUT2D eigenvalue weighted by molar-refractivity contribution is -0.147. The van der Waals surface area contributed by atoms with Gasteiger partial charge in [-0.3, -0.25) is 4.79 Å². The molecule has 110 valence electrons. The molecule has 2 atom stereocenters. The topological polar surface area (TPSA) is 70.8 Å². The zero-order chi connectivity index (χ0) is 14.6. The van der Waals surface area contributed by atoms with E-state index in [0.29, 0.717) is 19.4 Å². The monoisotopic (exact) mass is 279 g/mol. The molecule has 5 nitrogen and oxygen atoms in total. The third kappa shape index (κ3) is 3.22. The highest BCUT2D eigenvalue weighted by atomic mass is 16.5. The SMILES string of the molecule is CCOc1ccc(OC2CCC(N)(C(=O)OC)C2)cc1. The molecule has 1 aliphatic rings. The smallest absolute Gasteiger partial charge is 0.325 e. The Morgan fingerprint density at radius 3 is 2.60 bits per heavy atom. The minimum Gasteiger partial charge on any atom is -0.494 e. The molecule has 1 aliphatic carbocycles. The fraction of sp³-hybridized carbons (Fsp3) is 0.533. The molecule has 1 fully saturated rings. The molecule has 2 rings (SSSR count). The van der Waals surface area contributed by atoms with E-state index in [1.807, 2.05) is 31.2 Å². The van der Waals surface area contributed by atoms with Crippen molar-refractivity contribution in [2.24, 2.45) is 5.73 Å². The first-order valence-electron chi connectivity index (χ1n) is 6.84. The van der Waals surface area contributed by atoms with E-state index in [1.165, 1.54) is 7.11 Å². The van der Waals surface area contributed by atoms with Crippen LogP contribution in [-0.4, -0.2) is 31.3 Å². The third-order valence-corrected chi connectivity index (χ3v) is 3.53. The number of esters is 1. The van der Waals surface area contributed by atoms with Gasteiger partial charge in [0.05, 0.1) is 13.7 Å². The Morgan fingerprint density at radius 2 is 2.00 bits per heavy atom. The lowest BCUT2D eigenvalue weighted by atomic mass is 10.00. The molecule has 0 heterocycles. The van der Waals surface area contributed by atoms with Gasteiger partial charge < -0.3 is 19.9 Å². The second kappa shape index (κ2) is 6.13. The summed E-state index contributed by atoms with van der Waals surface area (Å²) in [7, 11) is 1.36. The number of hydrogen-bond donors (Lipinski definition) is 1. The van der Waals surface area contributed by atoms with E-state index in [4.69, 9.17) is 19.9 Å². The molecular weight excluding hydrogens is 258 g/mol. The van der Waals surface area contributed by atoms with Crippen LogP contribution in [0, 0.1) is 0 Å². The Bertz CT molecular complexity index is 459. The first-order valence-corrected chi connectivity index (χ1v) is 6.84. The standard InChI is InChI=1S/C15H21NO4/c1-3-19-11-4-6-12(7-5-11)20-13-8-9-15(16,10-13)14(17)18-2/h4-7,13H,3,8-10,16H2,1-2H3. The summed E-state index contributed by atoms with van der Waals surface area (Å²) in [5.74, 6) is 1.21. The van der Waals surface area contributed by atoms with Crippen LogP contribution in [-0.2, 0) is 9.53 Å². The Kier molecular flexibility index (Phi) is 4.49. The van der Waals surface area contributed by atoms with Crippen LogP contribution in [0.4, 0.5) is 0 Å². The number of hydrogen-bond acceptors (Lipinski definition) is 5. The Morgan fingerprint density at radius 1 is 1.35 bits per heavy atom. The number of carbonyl (C=O) groups is 1. The van der Waals surface area contributed by atoms with E-state index in [9.17, 15) is 4.79 Å². The van der Waals surface area contributed by atoms with Crippen LogP contribution in [0.3, 0.4) is 0 Å². The number of carbonyl (C=O) groups excluding carboxylic acids is 1. The second-order valence-electron chi connectivity index (χ2n) is 5.03. The first-order chi connectivity index (χ1) is 9.57. The van der Waals surface area contributed by atoms with Crippen molar-refractivity contribution >= 4 is 5.97 Å². The normalized spacial score (nSPS) is 25.2. The fourth-order valence-corrected chi connectivity index (χ4v) is 2.49. The molecule has 0 saturated heterocycles. The highest BCUT2D eigenvalue weighted by molar-refractivity contribution is 5.80. The van der Waals surface area contributed by atoms with Gasteiger partial charge in [0.1, 0.15) is 23.1 Å². The van der Waals surface area contributed by atoms with Crippen molar-refractivity contribution in [2.75, 3.05) is 13.7 Å². The van der Waals surface area contributed by atoms with Crippen LogP contribution in [0.1, 0.15) is 26.2 Å². The van der Waals surface area contributed by atoms with Gasteiger partial charge >= 0.3 is 5.97 Å². The van der Waals surface area contributed by atoms with Crippen LogP contribution in [0.5, 0.6) is 11.5 Å². The van der Waals surface area contributed by atoms with Gasteiger partial charge in [0.25, 0.3) is 0 Å². The Balaban J connectivity index is 1.93. The number of rotatable bonds is 5. The van der Waals surface area contributed by atoms with Gasteiger partial charge in [-0.2, -0.15) is 0 Å². The van der Waals surface area contributed by atoms with Crippen LogP contribution in [0.2, 0.25) is 0 Å². The van der Waals surface area contributed by atoms with Crippen molar-refractivity contribution < 1.29 is 19.0 Å². The number of methoxy groups -OCH3 is 1. The number of benzene rings is 1. The molecule has 0 amide bonds. The average molecular weight is 279 g/mol. The Hall–Kier alpha value is -1.75. The molecule has 0 radical (unpaired) electrons. The number of ether oxygens (including phenoxy) is 3. The molecule has 1 aromatic carbocycles. The minimum atomic E-state index is -0.912. The zero-order valence-corrected chi connectivity index (χ0v) is 11.9. The fourth-order valence-electron chi connectivity index (χ4n) is 2.49.